The Morgan fingerprint density at radius 2 is 1.84 bits per heavy atom. The number of imidazole rings is 1. The third-order valence-electron chi connectivity index (χ3n) is 3.42. The molecule has 2 nitrogen and oxygen atoms in total. The topological polar surface area (TPSA) is 28.7 Å². The second kappa shape index (κ2) is 4.54. The lowest BCUT2D eigenvalue weighted by Crippen LogP contribution is -1.90. The van der Waals surface area contributed by atoms with Crippen molar-refractivity contribution >= 4 is 11.0 Å². The summed E-state index contributed by atoms with van der Waals surface area (Å²) in [6, 6.07) is 12.9. The molecule has 0 bridgehead atoms. The molecule has 0 saturated heterocycles. The minimum atomic E-state index is 0.856. The van der Waals surface area contributed by atoms with Crippen molar-refractivity contribution in [2.24, 2.45) is 0 Å². The standard InChI is InChI=1S/C17H18N2/c1-11-5-4-6-14(8-11)10-16-18-15-9-12(2)7-13(3)17(15)19-16/h4-9H,10H2,1-3H3,(H,18,19). The maximum absolute atomic E-state index is 4.72. The number of H-pyrrole nitrogens is 1. The van der Waals surface area contributed by atoms with E-state index in [0.29, 0.717) is 0 Å². The number of rotatable bonds is 2. The molecule has 96 valence electrons. The molecule has 0 radical (unpaired) electrons. The molecule has 0 spiro atoms. The Bertz CT molecular complexity index is 738. The van der Waals surface area contributed by atoms with Crippen LogP contribution in [0.2, 0.25) is 0 Å². The van der Waals surface area contributed by atoms with E-state index >= 15 is 0 Å². The van der Waals surface area contributed by atoms with Gasteiger partial charge in [-0.2, -0.15) is 0 Å². The number of hydrogen-bond donors (Lipinski definition) is 1. The van der Waals surface area contributed by atoms with Crippen molar-refractivity contribution in [1.29, 1.82) is 0 Å². The lowest BCUT2D eigenvalue weighted by molar-refractivity contribution is 1.03. The zero-order valence-electron chi connectivity index (χ0n) is 11.6. The maximum Gasteiger partial charge on any atom is 0.111 e. The van der Waals surface area contributed by atoms with E-state index in [1.807, 2.05) is 0 Å². The molecular weight excluding hydrogens is 232 g/mol. The van der Waals surface area contributed by atoms with Gasteiger partial charge in [0.25, 0.3) is 0 Å². The smallest absolute Gasteiger partial charge is 0.111 e. The number of aryl methyl sites for hydroxylation is 3. The number of aromatic nitrogens is 2. The Morgan fingerprint density at radius 1 is 1.00 bits per heavy atom. The molecule has 0 saturated carbocycles. The first-order chi connectivity index (χ1) is 9.11. The Labute approximate surface area is 113 Å². The number of aromatic amines is 1. The minimum absolute atomic E-state index is 0.856. The summed E-state index contributed by atoms with van der Waals surface area (Å²) in [5.41, 5.74) is 7.33. The maximum atomic E-state index is 4.72. The zero-order valence-corrected chi connectivity index (χ0v) is 11.6. The predicted molar refractivity (Wildman–Crippen MR) is 79.6 cm³/mol. The van der Waals surface area contributed by atoms with Gasteiger partial charge >= 0.3 is 0 Å². The minimum Gasteiger partial charge on any atom is -0.342 e. The van der Waals surface area contributed by atoms with Gasteiger partial charge in [0, 0.05) is 6.42 Å². The SMILES string of the molecule is Cc1cccc(Cc2nc3c(C)cc(C)cc3[nH]2)c1. The van der Waals surface area contributed by atoms with Crippen LogP contribution in [0.1, 0.15) is 28.1 Å². The van der Waals surface area contributed by atoms with Crippen LogP contribution in [0.25, 0.3) is 11.0 Å². The molecule has 2 heteroatoms. The zero-order chi connectivity index (χ0) is 13.4. The van der Waals surface area contributed by atoms with Crippen molar-refractivity contribution in [3.8, 4) is 0 Å². The molecule has 0 aliphatic carbocycles. The van der Waals surface area contributed by atoms with Gasteiger partial charge < -0.3 is 4.98 Å². The number of fused-ring (bicyclic) bond motifs is 1. The van der Waals surface area contributed by atoms with Gasteiger partial charge in [-0.3, -0.25) is 0 Å². The summed E-state index contributed by atoms with van der Waals surface area (Å²) < 4.78 is 0. The van der Waals surface area contributed by atoms with Crippen LogP contribution in [0.3, 0.4) is 0 Å². The fourth-order valence-corrected chi connectivity index (χ4v) is 2.62. The predicted octanol–water partition coefficient (Wildman–Crippen LogP) is 4.08. The molecule has 1 N–H and O–H groups in total. The quantitative estimate of drug-likeness (QED) is 0.729. The van der Waals surface area contributed by atoms with Gasteiger partial charge in [-0.05, 0) is 43.5 Å². The summed E-state index contributed by atoms with van der Waals surface area (Å²) in [6.45, 7) is 6.36. The van der Waals surface area contributed by atoms with E-state index in [0.717, 1.165) is 23.3 Å². The summed E-state index contributed by atoms with van der Waals surface area (Å²) in [6.07, 6.45) is 0.856. The molecule has 1 aromatic heterocycles. The molecule has 0 amide bonds. The summed E-state index contributed by atoms with van der Waals surface area (Å²) >= 11 is 0. The number of nitrogens with one attached hydrogen (secondary N) is 1. The van der Waals surface area contributed by atoms with E-state index in [4.69, 9.17) is 4.98 Å². The van der Waals surface area contributed by atoms with Crippen molar-refractivity contribution in [3.05, 3.63) is 64.5 Å². The van der Waals surface area contributed by atoms with Crippen LogP contribution in [0.5, 0.6) is 0 Å². The van der Waals surface area contributed by atoms with E-state index in [-0.39, 0.29) is 0 Å². The van der Waals surface area contributed by atoms with Crippen LogP contribution >= 0.6 is 0 Å². The third-order valence-corrected chi connectivity index (χ3v) is 3.42. The molecule has 19 heavy (non-hydrogen) atoms. The first-order valence-corrected chi connectivity index (χ1v) is 6.63. The van der Waals surface area contributed by atoms with Gasteiger partial charge in [0.05, 0.1) is 11.0 Å². The molecule has 3 rings (SSSR count). The number of hydrogen-bond acceptors (Lipinski definition) is 1. The lowest BCUT2D eigenvalue weighted by Gasteiger charge is -1.99. The van der Waals surface area contributed by atoms with Crippen LogP contribution in [-0.4, -0.2) is 9.97 Å². The van der Waals surface area contributed by atoms with Crippen molar-refractivity contribution in [3.63, 3.8) is 0 Å². The first-order valence-electron chi connectivity index (χ1n) is 6.63. The van der Waals surface area contributed by atoms with Gasteiger partial charge in [-0.15, -0.1) is 0 Å². The van der Waals surface area contributed by atoms with Gasteiger partial charge in [-0.25, -0.2) is 4.98 Å². The van der Waals surface area contributed by atoms with Gasteiger partial charge in [0.2, 0.25) is 0 Å². The van der Waals surface area contributed by atoms with Crippen molar-refractivity contribution in [2.75, 3.05) is 0 Å². The monoisotopic (exact) mass is 250 g/mol. The Kier molecular flexibility index (Phi) is 2.86. The number of benzene rings is 2. The normalized spacial score (nSPS) is 11.1. The second-order valence-corrected chi connectivity index (χ2v) is 5.33. The Morgan fingerprint density at radius 3 is 2.63 bits per heavy atom. The highest BCUT2D eigenvalue weighted by molar-refractivity contribution is 5.79. The summed E-state index contributed by atoms with van der Waals surface area (Å²) in [5.74, 6) is 1.04. The van der Waals surface area contributed by atoms with Crippen LogP contribution in [0.15, 0.2) is 36.4 Å². The van der Waals surface area contributed by atoms with E-state index < -0.39 is 0 Å². The largest absolute Gasteiger partial charge is 0.342 e. The molecule has 2 aromatic carbocycles. The van der Waals surface area contributed by atoms with Gasteiger partial charge in [-0.1, -0.05) is 35.9 Å². The molecule has 0 aliphatic heterocycles. The van der Waals surface area contributed by atoms with Crippen LogP contribution in [0, 0.1) is 20.8 Å². The molecule has 1 heterocycles. The van der Waals surface area contributed by atoms with Gasteiger partial charge in [0.15, 0.2) is 0 Å². The van der Waals surface area contributed by atoms with Crippen LogP contribution in [-0.2, 0) is 6.42 Å². The molecule has 0 atom stereocenters. The van der Waals surface area contributed by atoms with Crippen LogP contribution < -0.4 is 0 Å². The Hall–Kier alpha value is -2.09. The summed E-state index contributed by atoms with van der Waals surface area (Å²) in [4.78, 5) is 8.16. The van der Waals surface area contributed by atoms with Crippen molar-refractivity contribution < 1.29 is 0 Å². The average Bonchev–Trinajstić information content (AvgIpc) is 2.71. The van der Waals surface area contributed by atoms with Crippen molar-refractivity contribution in [1.82, 2.24) is 9.97 Å². The van der Waals surface area contributed by atoms with E-state index in [1.165, 1.54) is 22.3 Å². The molecule has 3 aromatic rings. The average molecular weight is 250 g/mol. The number of nitrogens with zero attached hydrogens (tertiary/aromatic N) is 1. The third kappa shape index (κ3) is 2.39. The van der Waals surface area contributed by atoms with E-state index in [1.54, 1.807) is 0 Å². The molecule has 0 fully saturated rings. The van der Waals surface area contributed by atoms with Gasteiger partial charge in [0.1, 0.15) is 5.82 Å². The summed E-state index contributed by atoms with van der Waals surface area (Å²) in [5, 5.41) is 0. The fourth-order valence-electron chi connectivity index (χ4n) is 2.62. The fraction of sp³-hybridized carbons (Fsp3) is 0.235. The highest BCUT2D eigenvalue weighted by Crippen LogP contribution is 2.19. The first kappa shape index (κ1) is 12.0. The second-order valence-electron chi connectivity index (χ2n) is 5.33. The van der Waals surface area contributed by atoms with Crippen molar-refractivity contribution in [2.45, 2.75) is 27.2 Å². The van der Waals surface area contributed by atoms with Crippen LogP contribution in [0.4, 0.5) is 0 Å². The lowest BCUT2D eigenvalue weighted by atomic mass is 10.1. The molecular formula is C17H18N2. The molecule has 0 aliphatic rings. The van der Waals surface area contributed by atoms with E-state index in [2.05, 4.69) is 62.2 Å². The highest BCUT2D eigenvalue weighted by atomic mass is 14.9. The summed E-state index contributed by atoms with van der Waals surface area (Å²) in [7, 11) is 0. The molecule has 0 unspecified atom stereocenters. The van der Waals surface area contributed by atoms with E-state index in [9.17, 15) is 0 Å². The Balaban J connectivity index is 2.00. The highest BCUT2D eigenvalue weighted by Gasteiger charge is 2.06.